The Kier molecular flexibility index (Phi) is 3.08. The molecule has 0 unspecified atom stereocenters. The van der Waals surface area contributed by atoms with Gasteiger partial charge >= 0.3 is 0 Å². The second-order valence-electron chi connectivity index (χ2n) is 5.36. The van der Waals surface area contributed by atoms with Gasteiger partial charge in [-0.2, -0.15) is 10.2 Å². The van der Waals surface area contributed by atoms with Gasteiger partial charge in [-0.3, -0.25) is 9.89 Å². The highest BCUT2D eigenvalue weighted by Gasteiger charge is 2.12. The van der Waals surface area contributed by atoms with Gasteiger partial charge in [-0.25, -0.2) is 4.52 Å². The summed E-state index contributed by atoms with van der Waals surface area (Å²) < 4.78 is 1.75. The highest BCUT2D eigenvalue weighted by Crippen LogP contribution is 2.32. The molecule has 0 spiro atoms. The monoisotopic (exact) mass is 305 g/mol. The van der Waals surface area contributed by atoms with E-state index >= 15 is 0 Å². The van der Waals surface area contributed by atoms with Gasteiger partial charge < -0.3 is 5.32 Å². The molecule has 0 fully saturated rings. The standard InChI is InChI=1S/C17H15N5O/c1-2-11-3-4-15-14(9-19-20-15)17(11)12-5-6-22-13(7-12)8-16(21-22)18-10-23/h3-10H,2H2,1H3,(H,19,20)(H,18,21,23). The van der Waals surface area contributed by atoms with Gasteiger partial charge in [-0.15, -0.1) is 0 Å². The number of carbonyl (C=O) groups excluding carboxylic acids is 1. The number of H-pyrrole nitrogens is 1. The molecular formula is C17H15N5O. The minimum Gasteiger partial charge on any atom is -0.312 e. The Morgan fingerprint density at radius 3 is 3.04 bits per heavy atom. The van der Waals surface area contributed by atoms with E-state index in [0.29, 0.717) is 12.2 Å². The zero-order valence-electron chi connectivity index (χ0n) is 12.6. The summed E-state index contributed by atoms with van der Waals surface area (Å²) in [5.74, 6) is 0.536. The zero-order chi connectivity index (χ0) is 15.8. The van der Waals surface area contributed by atoms with Crippen LogP contribution in [0.2, 0.25) is 0 Å². The van der Waals surface area contributed by atoms with E-state index in [1.807, 2.05) is 24.5 Å². The quantitative estimate of drug-likeness (QED) is 0.569. The van der Waals surface area contributed by atoms with E-state index in [4.69, 9.17) is 0 Å². The molecule has 4 aromatic rings. The number of amides is 1. The van der Waals surface area contributed by atoms with Crippen molar-refractivity contribution < 1.29 is 4.79 Å². The number of nitrogens with one attached hydrogen (secondary N) is 2. The van der Waals surface area contributed by atoms with Crippen LogP contribution in [-0.4, -0.2) is 26.2 Å². The normalized spacial score (nSPS) is 11.2. The number of rotatable bonds is 4. The Balaban J connectivity index is 1.94. The smallest absolute Gasteiger partial charge is 0.212 e. The lowest BCUT2D eigenvalue weighted by Crippen LogP contribution is -1.94. The largest absolute Gasteiger partial charge is 0.312 e. The zero-order valence-corrected chi connectivity index (χ0v) is 12.6. The number of aromatic amines is 1. The van der Waals surface area contributed by atoms with Crippen molar-refractivity contribution in [3.05, 3.63) is 48.3 Å². The third kappa shape index (κ3) is 2.15. The lowest BCUT2D eigenvalue weighted by Gasteiger charge is -2.10. The third-order valence-electron chi connectivity index (χ3n) is 4.05. The molecule has 0 atom stereocenters. The van der Waals surface area contributed by atoms with E-state index in [0.717, 1.165) is 28.4 Å². The third-order valence-corrected chi connectivity index (χ3v) is 4.05. The van der Waals surface area contributed by atoms with Gasteiger partial charge in [0, 0.05) is 17.6 Å². The van der Waals surface area contributed by atoms with E-state index in [-0.39, 0.29) is 0 Å². The number of hydrogen-bond acceptors (Lipinski definition) is 3. The van der Waals surface area contributed by atoms with Gasteiger partial charge in [0.05, 0.1) is 17.2 Å². The van der Waals surface area contributed by atoms with Crippen LogP contribution in [0.1, 0.15) is 12.5 Å². The van der Waals surface area contributed by atoms with Crippen LogP contribution in [0.25, 0.3) is 27.5 Å². The van der Waals surface area contributed by atoms with Crippen LogP contribution in [0, 0.1) is 0 Å². The lowest BCUT2D eigenvalue weighted by atomic mass is 9.95. The summed E-state index contributed by atoms with van der Waals surface area (Å²) in [6.07, 6.45) is 5.34. The Morgan fingerprint density at radius 2 is 2.22 bits per heavy atom. The van der Waals surface area contributed by atoms with E-state index in [1.54, 1.807) is 4.52 Å². The Hall–Kier alpha value is -3.15. The number of fused-ring (bicyclic) bond motifs is 2. The van der Waals surface area contributed by atoms with Crippen LogP contribution < -0.4 is 5.32 Å². The maximum Gasteiger partial charge on any atom is 0.212 e. The van der Waals surface area contributed by atoms with Crippen molar-refractivity contribution in [2.45, 2.75) is 13.3 Å². The highest BCUT2D eigenvalue weighted by atomic mass is 16.1. The number of benzene rings is 1. The van der Waals surface area contributed by atoms with Crippen LogP contribution in [-0.2, 0) is 11.2 Å². The Labute approximate surface area is 132 Å². The summed E-state index contributed by atoms with van der Waals surface area (Å²) >= 11 is 0. The molecule has 0 radical (unpaired) electrons. The highest BCUT2D eigenvalue weighted by molar-refractivity contribution is 5.96. The number of aryl methyl sites for hydroxylation is 1. The molecule has 23 heavy (non-hydrogen) atoms. The molecule has 3 heterocycles. The molecular weight excluding hydrogens is 290 g/mol. The molecule has 0 aliphatic rings. The molecule has 0 aliphatic carbocycles. The fraction of sp³-hybridized carbons (Fsp3) is 0.118. The van der Waals surface area contributed by atoms with E-state index in [9.17, 15) is 4.79 Å². The molecule has 0 bridgehead atoms. The van der Waals surface area contributed by atoms with Crippen molar-refractivity contribution in [1.82, 2.24) is 19.8 Å². The molecule has 0 saturated heterocycles. The fourth-order valence-corrected chi connectivity index (χ4v) is 2.98. The Morgan fingerprint density at radius 1 is 1.30 bits per heavy atom. The first-order chi connectivity index (χ1) is 11.3. The first-order valence-electron chi connectivity index (χ1n) is 7.45. The number of carbonyl (C=O) groups is 1. The average molecular weight is 305 g/mol. The maximum absolute atomic E-state index is 10.6. The Bertz CT molecular complexity index is 1010. The number of anilines is 1. The maximum atomic E-state index is 10.6. The van der Waals surface area contributed by atoms with Crippen LogP contribution >= 0.6 is 0 Å². The number of pyridine rings is 1. The van der Waals surface area contributed by atoms with Gasteiger partial charge in [-0.05, 0) is 41.3 Å². The minimum absolute atomic E-state index is 0.536. The minimum atomic E-state index is 0.536. The van der Waals surface area contributed by atoms with Gasteiger partial charge in [0.15, 0.2) is 5.82 Å². The molecule has 0 aliphatic heterocycles. The molecule has 3 aromatic heterocycles. The van der Waals surface area contributed by atoms with Crippen LogP contribution in [0.5, 0.6) is 0 Å². The first-order valence-corrected chi connectivity index (χ1v) is 7.45. The lowest BCUT2D eigenvalue weighted by molar-refractivity contribution is -0.105. The summed E-state index contributed by atoms with van der Waals surface area (Å²) in [6, 6.07) is 10.2. The van der Waals surface area contributed by atoms with E-state index in [1.165, 1.54) is 11.1 Å². The summed E-state index contributed by atoms with van der Waals surface area (Å²) in [5, 5.41) is 15.2. The summed E-state index contributed by atoms with van der Waals surface area (Å²) in [6.45, 7) is 2.15. The van der Waals surface area contributed by atoms with Crippen LogP contribution in [0.15, 0.2) is 42.7 Å². The first kappa shape index (κ1) is 13.5. The number of aromatic nitrogens is 4. The average Bonchev–Trinajstić information content (AvgIpc) is 3.19. The SMILES string of the molecule is CCc1ccc2[nH]ncc2c1-c1ccn2nc(NC=O)cc2c1. The fourth-order valence-electron chi connectivity index (χ4n) is 2.98. The number of hydrogen-bond donors (Lipinski definition) is 2. The molecule has 6 heteroatoms. The second-order valence-corrected chi connectivity index (χ2v) is 5.36. The summed E-state index contributed by atoms with van der Waals surface area (Å²) in [7, 11) is 0. The van der Waals surface area contributed by atoms with Gasteiger partial charge in [0.25, 0.3) is 0 Å². The topological polar surface area (TPSA) is 75.1 Å². The van der Waals surface area contributed by atoms with Crippen LogP contribution in [0.4, 0.5) is 5.82 Å². The molecule has 1 aromatic carbocycles. The van der Waals surface area contributed by atoms with Crippen LogP contribution in [0.3, 0.4) is 0 Å². The van der Waals surface area contributed by atoms with Crippen molar-refractivity contribution in [3.8, 4) is 11.1 Å². The van der Waals surface area contributed by atoms with E-state index < -0.39 is 0 Å². The predicted molar refractivity (Wildman–Crippen MR) is 89.3 cm³/mol. The predicted octanol–water partition coefficient (Wildman–Crippen LogP) is 3.01. The molecule has 2 N–H and O–H groups in total. The summed E-state index contributed by atoms with van der Waals surface area (Å²) in [5.41, 5.74) is 5.52. The van der Waals surface area contributed by atoms with Gasteiger partial charge in [0.2, 0.25) is 6.41 Å². The van der Waals surface area contributed by atoms with Gasteiger partial charge in [-0.1, -0.05) is 13.0 Å². The van der Waals surface area contributed by atoms with Crippen molar-refractivity contribution in [2.24, 2.45) is 0 Å². The van der Waals surface area contributed by atoms with Crippen molar-refractivity contribution in [3.63, 3.8) is 0 Å². The van der Waals surface area contributed by atoms with E-state index in [2.05, 4.69) is 45.7 Å². The van der Waals surface area contributed by atoms with Crippen molar-refractivity contribution in [1.29, 1.82) is 0 Å². The number of nitrogens with zero attached hydrogens (tertiary/aromatic N) is 3. The van der Waals surface area contributed by atoms with Crippen molar-refractivity contribution in [2.75, 3.05) is 5.32 Å². The summed E-state index contributed by atoms with van der Waals surface area (Å²) in [4.78, 5) is 10.6. The molecule has 0 saturated carbocycles. The van der Waals surface area contributed by atoms with Gasteiger partial charge in [0.1, 0.15) is 0 Å². The molecule has 4 rings (SSSR count). The molecule has 1 amide bonds. The van der Waals surface area contributed by atoms with Crippen molar-refractivity contribution >= 4 is 28.6 Å². The molecule has 6 nitrogen and oxygen atoms in total. The molecule has 114 valence electrons. The second kappa shape index (κ2) is 5.24.